The number of amides is 2. The SMILES string of the molecule is CC(=O)C1CC(OCC2OC(C(C)C)C(O)C(O)C2O)C(OC2OC(CO)C(O)C(O)C2O)CC1C(C)=O.COCCCC(=O)CCOCC(COCCC(=O)CCCOC)(COCCC(=O)NCCOC)NC(=O)CCCCCN=[N+]=[N-]. The van der Waals surface area contributed by atoms with Crippen molar-refractivity contribution in [1.29, 1.82) is 0 Å². The highest BCUT2D eigenvalue weighted by molar-refractivity contribution is 5.87. The Balaban J connectivity index is 0.000000573. The zero-order valence-electron chi connectivity index (χ0n) is 49.5. The zero-order valence-corrected chi connectivity index (χ0v) is 49.5. The van der Waals surface area contributed by atoms with Crippen LogP contribution in [-0.2, 0) is 76.1 Å². The van der Waals surface area contributed by atoms with Crippen LogP contribution in [0.15, 0.2) is 5.11 Å². The summed E-state index contributed by atoms with van der Waals surface area (Å²) in [4.78, 5) is 77.1. The van der Waals surface area contributed by atoms with Crippen LogP contribution in [0.4, 0.5) is 0 Å². The average molecular weight is 1200 g/mol. The van der Waals surface area contributed by atoms with Gasteiger partial charge in [-0.2, -0.15) is 0 Å². The molecule has 0 aromatic heterocycles. The molecule has 9 N–H and O–H groups in total. The van der Waals surface area contributed by atoms with Gasteiger partial charge in [-0.15, -0.1) is 0 Å². The highest BCUT2D eigenvalue weighted by Crippen LogP contribution is 2.38. The fourth-order valence-corrected chi connectivity index (χ4v) is 9.67. The number of azide groups is 1. The molecule has 1 aliphatic carbocycles. The van der Waals surface area contributed by atoms with E-state index in [0.29, 0.717) is 77.9 Å². The van der Waals surface area contributed by atoms with Gasteiger partial charge in [0.15, 0.2) is 6.29 Å². The smallest absolute Gasteiger partial charge is 0.222 e. The Hall–Kier alpha value is -3.75. The van der Waals surface area contributed by atoms with Crippen molar-refractivity contribution in [1.82, 2.24) is 10.6 Å². The second kappa shape index (κ2) is 42.2. The van der Waals surface area contributed by atoms with Crippen LogP contribution in [0, 0.1) is 17.8 Å². The van der Waals surface area contributed by atoms with E-state index in [1.165, 1.54) is 13.8 Å². The molecule has 83 heavy (non-hydrogen) atoms. The Bertz CT molecular complexity index is 1860. The highest BCUT2D eigenvalue weighted by Gasteiger charge is 2.50. The number of ether oxygens (including phenoxy) is 10. The first-order chi connectivity index (χ1) is 39.6. The third-order valence-corrected chi connectivity index (χ3v) is 14.5. The Morgan fingerprint density at radius 1 is 0.614 bits per heavy atom. The first-order valence-corrected chi connectivity index (χ1v) is 28.7. The number of ketones is 4. The van der Waals surface area contributed by atoms with Crippen LogP contribution in [0.1, 0.15) is 111 Å². The van der Waals surface area contributed by atoms with Crippen molar-refractivity contribution in [3.05, 3.63) is 10.4 Å². The van der Waals surface area contributed by atoms with Gasteiger partial charge < -0.3 is 93.7 Å². The lowest BCUT2D eigenvalue weighted by molar-refractivity contribution is -0.323. The minimum Gasteiger partial charge on any atom is -0.394 e. The standard InChI is InChI=1S/C30H55N5O10.C25H42O13/c1-40-17-7-9-26(36)12-19-43-23-30(24-44-20-13-27(37)10-8-18-41-2,25-45-21-14-28(38)32-16-22-42-3)34-29(39)11-5-4-6-15-33-35-31;1-9(2)24-22(33)20(31)19(30)17(36-24)8-35-14-5-12(10(3)27)13(11(4)28)6-15(14)37-25-23(34)21(32)18(29)16(7-26)38-25/h4-25H2,1-3H3,(H,32,38)(H,34,39);9,12-26,29-34H,5-8H2,1-4H3. The van der Waals surface area contributed by atoms with E-state index in [1.54, 1.807) is 35.2 Å². The first kappa shape index (κ1) is 75.3. The minimum absolute atomic E-state index is 0.0111. The number of Topliss-reactive ketones (excluding diaryl/α,β-unsaturated/α-hetero) is 4. The highest BCUT2D eigenvalue weighted by atomic mass is 16.7. The first-order valence-electron chi connectivity index (χ1n) is 28.7. The molecule has 0 aromatic carbocycles. The van der Waals surface area contributed by atoms with E-state index in [-0.39, 0.29) is 126 Å². The lowest BCUT2D eigenvalue weighted by Gasteiger charge is -2.46. The largest absolute Gasteiger partial charge is 0.394 e. The van der Waals surface area contributed by atoms with Crippen LogP contribution in [0.5, 0.6) is 0 Å². The molecule has 2 saturated heterocycles. The third kappa shape index (κ3) is 28.1. The maximum atomic E-state index is 13.0. The van der Waals surface area contributed by atoms with E-state index in [1.807, 2.05) is 0 Å². The maximum Gasteiger partial charge on any atom is 0.222 e. The molecule has 2 heterocycles. The molecule has 1 saturated carbocycles. The number of rotatable bonds is 42. The second-order valence-electron chi connectivity index (χ2n) is 21.6. The van der Waals surface area contributed by atoms with E-state index < -0.39 is 97.4 Å². The number of aliphatic hydroxyl groups excluding tert-OH is 7. The van der Waals surface area contributed by atoms with E-state index in [0.717, 1.165) is 0 Å². The molecule has 2 aliphatic heterocycles. The maximum absolute atomic E-state index is 13.0. The number of hydrogen-bond acceptors (Lipinski definition) is 24. The molecule has 28 nitrogen and oxygen atoms in total. The summed E-state index contributed by atoms with van der Waals surface area (Å²) in [6.07, 6.45) is -10.6. The summed E-state index contributed by atoms with van der Waals surface area (Å²) < 4.78 is 55.8. The van der Waals surface area contributed by atoms with Crippen LogP contribution in [-0.4, -0.2) is 257 Å². The molecule has 3 rings (SSSR count). The van der Waals surface area contributed by atoms with Crippen molar-refractivity contribution in [2.45, 2.75) is 190 Å². The Labute approximate surface area is 486 Å². The Morgan fingerprint density at radius 3 is 1.66 bits per heavy atom. The number of unbranched alkanes of at least 4 members (excludes halogenated alkanes) is 2. The quantitative estimate of drug-likeness (QED) is 0.0167. The minimum atomic E-state index is -1.68. The summed E-state index contributed by atoms with van der Waals surface area (Å²) in [6, 6.07) is 0. The molecule has 28 heteroatoms. The molecule has 3 fully saturated rings. The predicted molar refractivity (Wildman–Crippen MR) is 294 cm³/mol. The number of nitrogens with one attached hydrogen (secondary N) is 2. The summed E-state index contributed by atoms with van der Waals surface area (Å²) in [5, 5.41) is 80.5. The van der Waals surface area contributed by atoms with Crippen LogP contribution >= 0.6 is 0 Å². The number of methoxy groups -OCH3 is 3. The molecule has 0 radical (unpaired) electrons. The van der Waals surface area contributed by atoms with Crippen molar-refractivity contribution in [2.24, 2.45) is 22.9 Å². The van der Waals surface area contributed by atoms with Gasteiger partial charge in [-0.05, 0) is 63.8 Å². The van der Waals surface area contributed by atoms with E-state index in [9.17, 15) is 64.5 Å². The summed E-state index contributed by atoms with van der Waals surface area (Å²) in [7, 11) is 4.71. The molecule has 3 aliphatic rings. The van der Waals surface area contributed by atoms with Crippen molar-refractivity contribution in [3.63, 3.8) is 0 Å². The summed E-state index contributed by atoms with van der Waals surface area (Å²) in [5.41, 5.74) is 7.29. The fraction of sp³-hybridized carbons (Fsp3) is 0.891. The molecule has 0 aromatic rings. The molecule has 480 valence electrons. The number of aliphatic hydroxyl groups is 7. The molecule has 14 atom stereocenters. The average Bonchev–Trinajstić information content (AvgIpc) is 3.60. The lowest BCUT2D eigenvalue weighted by Crippen LogP contribution is -2.61. The third-order valence-electron chi connectivity index (χ3n) is 14.5. The lowest BCUT2D eigenvalue weighted by atomic mass is 9.73. The van der Waals surface area contributed by atoms with Crippen molar-refractivity contribution in [3.8, 4) is 0 Å². The number of carbonyl (C=O) groups is 6. The van der Waals surface area contributed by atoms with Gasteiger partial charge in [0.25, 0.3) is 0 Å². The Kier molecular flexibility index (Phi) is 38.3. The summed E-state index contributed by atoms with van der Waals surface area (Å²) in [5.74, 6) is -2.40. The molecule has 0 bridgehead atoms. The van der Waals surface area contributed by atoms with Gasteiger partial charge in [0.05, 0.1) is 77.8 Å². The van der Waals surface area contributed by atoms with Crippen LogP contribution in [0.25, 0.3) is 10.4 Å². The molecule has 14 unspecified atom stereocenters. The van der Waals surface area contributed by atoms with Crippen LogP contribution in [0.2, 0.25) is 0 Å². The zero-order chi connectivity index (χ0) is 61.9. The van der Waals surface area contributed by atoms with E-state index in [4.69, 9.17) is 52.9 Å². The van der Waals surface area contributed by atoms with Gasteiger partial charge in [0, 0.05) is 103 Å². The number of carbonyl (C=O) groups excluding carboxylic acids is 6. The van der Waals surface area contributed by atoms with E-state index >= 15 is 0 Å². The molecular formula is C55H97N5O23. The molecule has 2 amide bonds. The fourth-order valence-electron chi connectivity index (χ4n) is 9.67. The van der Waals surface area contributed by atoms with Crippen LogP contribution < -0.4 is 10.6 Å². The van der Waals surface area contributed by atoms with Crippen LogP contribution in [0.3, 0.4) is 0 Å². The molecular weight excluding hydrogens is 1100 g/mol. The van der Waals surface area contributed by atoms with Gasteiger partial charge in [-0.1, -0.05) is 25.4 Å². The van der Waals surface area contributed by atoms with Crippen molar-refractivity contribution in [2.75, 3.05) is 107 Å². The summed E-state index contributed by atoms with van der Waals surface area (Å²) in [6.45, 7) is 7.89. The summed E-state index contributed by atoms with van der Waals surface area (Å²) >= 11 is 0. The van der Waals surface area contributed by atoms with Crippen molar-refractivity contribution >= 4 is 34.9 Å². The molecule has 0 spiro atoms. The topological polar surface area (TPSA) is 409 Å². The van der Waals surface area contributed by atoms with Gasteiger partial charge in [0.1, 0.15) is 77.5 Å². The van der Waals surface area contributed by atoms with E-state index in [2.05, 4.69) is 20.7 Å². The normalized spacial score (nSPS) is 27.2. The van der Waals surface area contributed by atoms with Gasteiger partial charge in [-0.3, -0.25) is 28.8 Å². The number of nitrogens with zero attached hydrogens (tertiary/aromatic N) is 3. The predicted octanol–water partition coefficient (Wildman–Crippen LogP) is -0.0468. The second-order valence-corrected chi connectivity index (χ2v) is 21.6. The van der Waals surface area contributed by atoms with Gasteiger partial charge >= 0.3 is 0 Å². The number of hydrogen-bond donors (Lipinski definition) is 9. The van der Waals surface area contributed by atoms with Gasteiger partial charge in [-0.25, -0.2) is 0 Å². The Morgan fingerprint density at radius 2 is 1.14 bits per heavy atom. The van der Waals surface area contributed by atoms with Gasteiger partial charge in [0.2, 0.25) is 11.8 Å². The van der Waals surface area contributed by atoms with Crippen molar-refractivity contribution < 1.29 is 112 Å². The monoisotopic (exact) mass is 1200 g/mol.